The molecule has 3 N–H and O–H groups in total. The molecule has 0 saturated carbocycles. The number of pyridine rings is 1. The third kappa shape index (κ3) is 3.58. The standard InChI is InChI=1S/C11H19N3O/c1-9(5-7-15-2)11(14-12)10-4-3-6-13-8-10/h3-4,6,8-9,11,14H,5,7,12H2,1-2H3. The number of nitrogens with zero attached hydrogens (tertiary/aromatic N) is 1. The quantitative estimate of drug-likeness (QED) is 0.547. The van der Waals surface area contributed by atoms with E-state index < -0.39 is 0 Å². The van der Waals surface area contributed by atoms with Crippen molar-refractivity contribution in [2.45, 2.75) is 19.4 Å². The van der Waals surface area contributed by atoms with Crippen LogP contribution in [0.2, 0.25) is 0 Å². The van der Waals surface area contributed by atoms with Crippen molar-refractivity contribution in [2.75, 3.05) is 13.7 Å². The summed E-state index contributed by atoms with van der Waals surface area (Å²) in [4.78, 5) is 4.09. The van der Waals surface area contributed by atoms with Gasteiger partial charge in [0.1, 0.15) is 0 Å². The molecule has 0 radical (unpaired) electrons. The lowest BCUT2D eigenvalue weighted by atomic mass is 9.94. The first-order valence-electron chi connectivity index (χ1n) is 5.14. The molecule has 15 heavy (non-hydrogen) atoms. The maximum Gasteiger partial charge on any atom is 0.0501 e. The first-order chi connectivity index (χ1) is 7.29. The summed E-state index contributed by atoms with van der Waals surface area (Å²) in [5, 5.41) is 0. The summed E-state index contributed by atoms with van der Waals surface area (Å²) in [5.74, 6) is 5.97. The highest BCUT2D eigenvalue weighted by Gasteiger charge is 2.17. The Kier molecular flexibility index (Phi) is 5.25. The van der Waals surface area contributed by atoms with E-state index in [0.29, 0.717) is 5.92 Å². The van der Waals surface area contributed by atoms with Crippen molar-refractivity contribution >= 4 is 0 Å². The van der Waals surface area contributed by atoms with Crippen LogP contribution < -0.4 is 11.3 Å². The summed E-state index contributed by atoms with van der Waals surface area (Å²) in [6.07, 6.45) is 4.57. The molecule has 0 spiro atoms. The highest BCUT2D eigenvalue weighted by molar-refractivity contribution is 5.14. The Morgan fingerprint density at radius 3 is 2.93 bits per heavy atom. The van der Waals surface area contributed by atoms with Gasteiger partial charge in [-0.15, -0.1) is 0 Å². The van der Waals surface area contributed by atoms with Crippen molar-refractivity contribution in [3.63, 3.8) is 0 Å². The average Bonchev–Trinajstić information content (AvgIpc) is 2.29. The van der Waals surface area contributed by atoms with Crippen molar-refractivity contribution < 1.29 is 4.74 Å². The molecule has 4 heteroatoms. The second kappa shape index (κ2) is 6.50. The molecule has 0 aliphatic rings. The zero-order chi connectivity index (χ0) is 11.1. The van der Waals surface area contributed by atoms with E-state index >= 15 is 0 Å². The van der Waals surface area contributed by atoms with E-state index in [-0.39, 0.29) is 6.04 Å². The van der Waals surface area contributed by atoms with E-state index in [0.717, 1.165) is 18.6 Å². The normalized spacial score (nSPS) is 14.9. The van der Waals surface area contributed by atoms with Gasteiger partial charge in [0.25, 0.3) is 0 Å². The van der Waals surface area contributed by atoms with Gasteiger partial charge in [0.05, 0.1) is 6.04 Å². The van der Waals surface area contributed by atoms with Gasteiger partial charge in [-0.1, -0.05) is 13.0 Å². The van der Waals surface area contributed by atoms with Crippen LogP contribution in [0.25, 0.3) is 0 Å². The number of hydrogen-bond donors (Lipinski definition) is 2. The monoisotopic (exact) mass is 209 g/mol. The minimum atomic E-state index is 0.133. The Balaban J connectivity index is 2.63. The predicted molar refractivity (Wildman–Crippen MR) is 60.0 cm³/mol. The second-order valence-corrected chi connectivity index (χ2v) is 3.69. The van der Waals surface area contributed by atoms with Gasteiger partial charge in [-0.2, -0.15) is 0 Å². The minimum Gasteiger partial charge on any atom is -0.385 e. The van der Waals surface area contributed by atoms with Gasteiger partial charge in [0, 0.05) is 26.1 Å². The van der Waals surface area contributed by atoms with Crippen molar-refractivity contribution in [3.8, 4) is 0 Å². The molecular weight excluding hydrogens is 190 g/mol. The summed E-state index contributed by atoms with van der Waals surface area (Å²) < 4.78 is 5.06. The molecule has 1 heterocycles. The van der Waals surface area contributed by atoms with Crippen LogP contribution in [0.5, 0.6) is 0 Å². The minimum absolute atomic E-state index is 0.133. The average molecular weight is 209 g/mol. The molecule has 0 aliphatic heterocycles. The summed E-state index contributed by atoms with van der Waals surface area (Å²) in [7, 11) is 1.71. The molecule has 1 aromatic rings. The molecule has 1 rings (SSSR count). The van der Waals surface area contributed by atoms with E-state index in [1.807, 2.05) is 18.3 Å². The Hall–Kier alpha value is -0.970. The first kappa shape index (κ1) is 12.1. The summed E-state index contributed by atoms with van der Waals surface area (Å²) in [6, 6.07) is 4.08. The van der Waals surface area contributed by atoms with Gasteiger partial charge in [-0.3, -0.25) is 16.3 Å². The van der Waals surface area contributed by atoms with E-state index in [1.165, 1.54) is 0 Å². The molecule has 0 fully saturated rings. The summed E-state index contributed by atoms with van der Waals surface area (Å²) in [6.45, 7) is 2.90. The number of nitrogens with two attached hydrogens (primary N) is 1. The number of ether oxygens (including phenoxy) is 1. The zero-order valence-corrected chi connectivity index (χ0v) is 9.31. The molecule has 0 aromatic carbocycles. The Morgan fingerprint density at radius 1 is 1.60 bits per heavy atom. The molecule has 0 saturated heterocycles. The number of methoxy groups -OCH3 is 1. The molecule has 2 unspecified atom stereocenters. The molecule has 0 bridgehead atoms. The number of nitrogens with one attached hydrogen (secondary N) is 1. The summed E-state index contributed by atoms with van der Waals surface area (Å²) in [5.41, 5.74) is 3.95. The van der Waals surface area contributed by atoms with Gasteiger partial charge in [-0.25, -0.2) is 0 Å². The maximum atomic E-state index is 5.56. The Bertz CT molecular complexity index is 266. The molecule has 0 amide bonds. The fraction of sp³-hybridized carbons (Fsp3) is 0.545. The van der Waals surface area contributed by atoms with E-state index in [4.69, 9.17) is 10.6 Å². The maximum absolute atomic E-state index is 5.56. The Morgan fingerprint density at radius 2 is 2.40 bits per heavy atom. The number of hydrazine groups is 1. The van der Waals surface area contributed by atoms with Crippen LogP contribution in [0.4, 0.5) is 0 Å². The van der Waals surface area contributed by atoms with Gasteiger partial charge in [0.2, 0.25) is 0 Å². The predicted octanol–water partition coefficient (Wildman–Crippen LogP) is 1.26. The van der Waals surface area contributed by atoms with Crippen LogP contribution in [0, 0.1) is 5.92 Å². The van der Waals surface area contributed by atoms with Crippen molar-refractivity contribution in [3.05, 3.63) is 30.1 Å². The third-order valence-corrected chi connectivity index (χ3v) is 2.57. The smallest absolute Gasteiger partial charge is 0.0501 e. The second-order valence-electron chi connectivity index (χ2n) is 3.69. The molecule has 4 nitrogen and oxygen atoms in total. The van der Waals surface area contributed by atoms with Crippen molar-refractivity contribution in [2.24, 2.45) is 11.8 Å². The third-order valence-electron chi connectivity index (χ3n) is 2.57. The fourth-order valence-electron chi connectivity index (χ4n) is 1.62. The lowest BCUT2D eigenvalue weighted by Crippen LogP contribution is -2.33. The van der Waals surface area contributed by atoms with Crippen LogP contribution in [0.1, 0.15) is 24.9 Å². The lowest BCUT2D eigenvalue weighted by molar-refractivity contribution is 0.170. The van der Waals surface area contributed by atoms with Crippen molar-refractivity contribution in [1.82, 2.24) is 10.4 Å². The Labute approximate surface area is 90.8 Å². The SMILES string of the molecule is COCCC(C)C(NN)c1cccnc1. The van der Waals surface area contributed by atoms with E-state index in [9.17, 15) is 0 Å². The van der Waals surface area contributed by atoms with Crippen LogP contribution in [0.3, 0.4) is 0 Å². The molecule has 84 valence electrons. The van der Waals surface area contributed by atoms with Gasteiger partial charge >= 0.3 is 0 Å². The van der Waals surface area contributed by atoms with E-state index in [1.54, 1.807) is 13.3 Å². The number of rotatable bonds is 6. The van der Waals surface area contributed by atoms with Gasteiger partial charge < -0.3 is 4.74 Å². The number of hydrogen-bond acceptors (Lipinski definition) is 4. The van der Waals surface area contributed by atoms with Crippen LogP contribution in [-0.4, -0.2) is 18.7 Å². The number of aromatic nitrogens is 1. The summed E-state index contributed by atoms with van der Waals surface area (Å²) >= 11 is 0. The van der Waals surface area contributed by atoms with Crippen molar-refractivity contribution in [1.29, 1.82) is 0 Å². The molecule has 0 aliphatic carbocycles. The molecule has 1 aromatic heterocycles. The molecular formula is C11H19N3O. The largest absolute Gasteiger partial charge is 0.385 e. The van der Waals surface area contributed by atoms with Gasteiger partial charge in [0.15, 0.2) is 0 Å². The van der Waals surface area contributed by atoms with E-state index in [2.05, 4.69) is 17.3 Å². The lowest BCUT2D eigenvalue weighted by Gasteiger charge is -2.23. The zero-order valence-electron chi connectivity index (χ0n) is 9.31. The molecule has 2 atom stereocenters. The van der Waals surface area contributed by atoms with Gasteiger partial charge in [-0.05, 0) is 24.0 Å². The first-order valence-corrected chi connectivity index (χ1v) is 5.14. The highest BCUT2D eigenvalue weighted by Crippen LogP contribution is 2.22. The highest BCUT2D eigenvalue weighted by atomic mass is 16.5. The fourth-order valence-corrected chi connectivity index (χ4v) is 1.62. The van der Waals surface area contributed by atoms with Crippen LogP contribution >= 0.6 is 0 Å². The van der Waals surface area contributed by atoms with Crippen LogP contribution in [0.15, 0.2) is 24.5 Å². The van der Waals surface area contributed by atoms with Crippen LogP contribution in [-0.2, 0) is 4.74 Å². The topological polar surface area (TPSA) is 60.2 Å².